The molecule has 1 aromatic heterocycles. The summed E-state index contributed by atoms with van der Waals surface area (Å²) >= 11 is 0. The molecule has 0 atom stereocenters. The molecule has 1 heterocycles. The van der Waals surface area contributed by atoms with Gasteiger partial charge < -0.3 is 15.2 Å². The van der Waals surface area contributed by atoms with Crippen LogP contribution in [0, 0.1) is 15.9 Å². The third-order valence-electron chi connectivity index (χ3n) is 1.66. The SMILES string of the molecule is O=[N+]([O-])c1ncc(CO)c(F)c1C(F)F. The predicted octanol–water partition coefficient (Wildman–Crippen LogP) is 1.56. The van der Waals surface area contributed by atoms with E-state index in [0.29, 0.717) is 6.20 Å². The van der Waals surface area contributed by atoms with Gasteiger partial charge in [0, 0.05) is 0 Å². The van der Waals surface area contributed by atoms with Crippen molar-refractivity contribution in [3.8, 4) is 0 Å². The van der Waals surface area contributed by atoms with E-state index in [1.54, 1.807) is 0 Å². The van der Waals surface area contributed by atoms with Crippen LogP contribution in [-0.2, 0) is 6.61 Å². The molecule has 0 saturated carbocycles. The summed E-state index contributed by atoms with van der Waals surface area (Å²) in [6.45, 7) is -0.851. The van der Waals surface area contributed by atoms with Gasteiger partial charge in [-0.1, -0.05) is 0 Å². The lowest BCUT2D eigenvalue weighted by Crippen LogP contribution is -2.05. The molecule has 0 fully saturated rings. The van der Waals surface area contributed by atoms with Crippen LogP contribution < -0.4 is 0 Å². The third kappa shape index (κ3) is 2.04. The van der Waals surface area contributed by atoms with Crippen molar-refractivity contribution < 1.29 is 23.2 Å². The van der Waals surface area contributed by atoms with Gasteiger partial charge in [-0.25, -0.2) is 13.2 Å². The van der Waals surface area contributed by atoms with E-state index in [4.69, 9.17) is 5.11 Å². The maximum absolute atomic E-state index is 13.2. The Morgan fingerprint density at radius 3 is 2.60 bits per heavy atom. The number of nitrogens with zero attached hydrogens (tertiary/aromatic N) is 2. The Bertz CT molecular complexity index is 397. The predicted molar refractivity (Wildman–Crippen MR) is 41.7 cm³/mol. The van der Waals surface area contributed by atoms with Gasteiger partial charge in [0.15, 0.2) is 5.56 Å². The Kier molecular flexibility index (Phi) is 3.20. The zero-order valence-corrected chi connectivity index (χ0v) is 7.15. The van der Waals surface area contributed by atoms with E-state index in [-0.39, 0.29) is 0 Å². The number of hydrogen-bond donors (Lipinski definition) is 1. The Balaban J connectivity index is 3.44. The Morgan fingerprint density at radius 1 is 1.60 bits per heavy atom. The fourth-order valence-corrected chi connectivity index (χ4v) is 0.986. The molecule has 0 aliphatic carbocycles. The van der Waals surface area contributed by atoms with Crippen molar-refractivity contribution >= 4 is 5.82 Å². The van der Waals surface area contributed by atoms with Gasteiger partial charge in [0.25, 0.3) is 6.43 Å². The largest absolute Gasteiger partial charge is 0.391 e. The number of aliphatic hydroxyl groups excluding tert-OH is 1. The van der Waals surface area contributed by atoms with Crippen LogP contribution in [0.3, 0.4) is 0 Å². The average Bonchev–Trinajstić information content (AvgIpc) is 2.16. The highest BCUT2D eigenvalue weighted by Gasteiger charge is 2.29. The first-order valence-corrected chi connectivity index (χ1v) is 3.69. The second-order valence-corrected chi connectivity index (χ2v) is 2.55. The highest BCUT2D eigenvalue weighted by atomic mass is 19.3. The summed E-state index contributed by atoms with van der Waals surface area (Å²) in [5.74, 6) is -2.73. The molecule has 0 spiro atoms. The number of aromatic nitrogens is 1. The number of aliphatic hydroxyl groups is 1. The lowest BCUT2D eigenvalue weighted by molar-refractivity contribution is -0.391. The monoisotopic (exact) mass is 222 g/mol. The molecule has 0 unspecified atom stereocenters. The molecule has 0 aliphatic rings. The molecule has 8 heteroatoms. The molecular weight excluding hydrogens is 217 g/mol. The zero-order valence-electron chi connectivity index (χ0n) is 7.15. The van der Waals surface area contributed by atoms with Gasteiger partial charge in [-0.3, -0.25) is 0 Å². The van der Waals surface area contributed by atoms with Crippen LogP contribution >= 0.6 is 0 Å². The summed E-state index contributed by atoms with van der Waals surface area (Å²) in [7, 11) is 0. The normalized spacial score (nSPS) is 10.7. The van der Waals surface area contributed by atoms with Crippen molar-refractivity contribution in [2.75, 3.05) is 0 Å². The third-order valence-corrected chi connectivity index (χ3v) is 1.66. The first-order chi connectivity index (χ1) is 6.99. The molecule has 82 valence electrons. The van der Waals surface area contributed by atoms with E-state index >= 15 is 0 Å². The molecule has 0 bridgehead atoms. The second kappa shape index (κ2) is 4.22. The molecule has 0 aliphatic heterocycles. The number of pyridine rings is 1. The van der Waals surface area contributed by atoms with E-state index in [9.17, 15) is 23.3 Å². The minimum absolute atomic E-state index is 0.504. The standard InChI is InChI=1S/C7H5F3N2O3/c8-5-3(2-13)1-11-7(12(14)15)4(5)6(9)10/h1,6,13H,2H2. The molecule has 1 aromatic rings. The maximum atomic E-state index is 13.2. The number of halogens is 3. The highest BCUT2D eigenvalue weighted by Crippen LogP contribution is 2.30. The first-order valence-electron chi connectivity index (χ1n) is 3.69. The number of hydrogen-bond acceptors (Lipinski definition) is 4. The fraction of sp³-hybridized carbons (Fsp3) is 0.286. The van der Waals surface area contributed by atoms with Gasteiger partial charge in [0.1, 0.15) is 12.0 Å². The Hall–Kier alpha value is -1.70. The quantitative estimate of drug-likeness (QED) is 0.621. The topological polar surface area (TPSA) is 76.3 Å². The van der Waals surface area contributed by atoms with Gasteiger partial charge in [-0.15, -0.1) is 0 Å². The molecule has 15 heavy (non-hydrogen) atoms. The summed E-state index contributed by atoms with van der Waals surface area (Å²) in [6.07, 6.45) is -2.70. The maximum Gasteiger partial charge on any atom is 0.375 e. The molecule has 0 saturated heterocycles. The summed E-state index contributed by atoms with van der Waals surface area (Å²) < 4.78 is 37.8. The van der Waals surface area contributed by atoms with Crippen LogP contribution in [0.5, 0.6) is 0 Å². The van der Waals surface area contributed by atoms with Crippen LogP contribution in [0.1, 0.15) is 17.6 Å². The second-order valence-electron chi connectivity index (χ2n) is 2.55. The van der Waals surface area contributed by atoms with Gasteiger partial charge in [0.05, 0.1) is 12.2 Å². The van der Waals surface area contributed by atoms with Gasteiger partial charge in [0.2, 0.25) is 0 Å². The molecule has 0 aromatic carbocycles. The number of nitro groups is 1. The lowest BCUT2D eigenvalue weighted by Gasteiger charge is -2.04. The number of rotatable bonds is 3. The van der Waals surface area contributed by atoms with Crippen molar-refractivity contribution in [3.63, 3.8) is 0 Å². The van der Waals surface area contributed by atoms with Crippen LogP contribution in [0.15, 0.2) is 6.20 Å². The smallest absolute Gasteiger partial charge is 0.375 e. The summed E-state index contributed by atoms with van der Waals surface area (Å²) in [4.78, 5) is 12.1. The van der Waals surface area contributed by atoms with E-state index < -0.39 is 40.7 Å². The van der Waals surface area contributed by atoms with Crippen molar-refractivity contribution in [1.29, 1.82) is 0 Å². The van der Waals surface area contributed by atoms with Gasteiger partial charge in [-0.05, 0) is 9.91 Å². The molecule has 0 radical (unpaired) electrons. The molecule has 5 nitrogen and oxygen atoms in total. The van der Waals surface area contributed by atoms with E-state index in [1.165, 1.54) is 0 Å². The highest BCUT2D eigenvalue weighted by molar-refractivity contribution is 5.37. The van der Waals surface area contributed by atoms with Gasteiger partial charge >= 0.3 is 5.82 Å². The average molecular weight is 222 g/mol. The first kappa shape index (κ1) is 11.4. The van der Waals surface area contributed by atoms with E-state index in [2.05, 4.69) is 4.98 Å². The summed E-state index contributed by atoms with van der Waals surface area (Å²) in [5, 5.41) is 18.8. The Morgan fingerprint density at radius 2 is 2.20 bits per heavy atom. The van der Waals surface area contributed by atoms with Crippen LogP contribution in [0.25, 0.3) is 0 Å². The summed E-state index contributed by atoms with van der Waals surface area (Å²) in [6, 6.07) is 0. The molecular formula is C7H5F3N2O3. The van der Waals surface area contributed by atoms with Crippen molar-refractivity contribution in [2.45, 2.75) is 13.0 Å². The minimum Gasteiger partial charge on any atom is -0.391 e. The lowest BCUT2D eigenvalue weighted by atomic mass is 10.2. The van der Waals surface area contributed by atoms with E-state index in [0.717, 1.165) is 0 Å². The van der Waals surface area contributed by atoms with Crippen molar-refractivity contribution in [2.24, 2.45) is 0 Å². The molecule has 1 rings (SSSR count). The zero-order chi connectivity index (χ0) is 11.6. The van der Waals surface area contributed by atoms with Crippen LogP contribution in [0.4, 0.5) is 19.0 Å². The van der Waals surface area contributed by atoms with Crippen LogP contribution in [-0.4, -0.2) is 15.0 Å². The number of alkyl halides is 2. The Labute approximate surface area is 81.3 Å². The summed E-state index contributed by atoms with van der Waals surface area (Å²) in [5.41, 5.74) is -1.90. The van der Waals surface area contributed by atoms with E-state index in [1.807, 2.05) is 0 Å². The van der Waals surface area contributed by atoms with Gasteiger partial charge in [-0.2, -0.15) is 0 Å². The molecule has 1 N–H and O–H groups in total. The van der Waals surface area contributed by atoms with Crippen molar-refractivity contribution in [1.82, 2.24) is 4.98 Å². The van der Waals surface area contributed by atoms with Crippen molar-refractivity contribution in [3.05, 3.63) is 33.3 Å². The minimum atomic E-state index is -3.36. The fourth-order valence-electron chi connectivity index (χ4n) is 0.986. The molecule has 0 amide bonds. The van der Waals surface area contributed by atoms with Crippen LogP contribution in [0.2, 0.25) is 0 Å².